The van der Waals surface area contributed by atoms with Gasteiger partial charge in [0.2, 0.25) is 0 Å². The zero-order valence-electron chi connectivity index (χ0n) is 12.6. The number of carbonyl (C=O) groups excluding carboxylic acids is 1. The van der Waals surface area contributed by atoms with E-state index >= 15 is 0 Å². The van der Waals surface area contributed by atoms with Crippen molar-refractivity contribution in [2.45, 2.75) is 24.9 Å². The summed E-state index contributed by atoms with van der Waals surface area (Å²) in [6.07, 6.45) is 1.70. The fraction of sp³-hybridized carbons (Fsp3) is 0.533. The number of amides is 2. The maximum absolute atomic E-state index is 11.9. The Morgan fingerprint density at radius 2 is 2.10 bits per heavy atom. The fourth-order valence-corrected chi connectivity index (χ4v) is 2.07. The Morgan fingerprint density at radius 3 is 2.76 bits per heavy atom. The Labute approximate surface area is 129 Å². The van der Waals surface area contributed by atoms with Crippen LogP contribution in [0, 0.1) is 0 Å². The largest absolute Gasteiger partial charge is 0.346 e. The van der Waals surface area contributed by atoms with Gasteiger partial charge in [-0.05, 0) is 32.2 Å². The number of hydrogen-bond acceptors (Lipinski definition) is 4. The van der Waals surface area contributed by atoms with Gasteiger partial charge in [-0.25, -0.2) is 4.79 Å². The van der Waals surface area contributed by atoms with Gasteiger partial charge in [0.25, 0.3) is 0 Å². The number of urea groups is 1. The smallest absolute Gasteiger partial charge is 0.319 e. The molecule has 2 N–H and O–H groups in total. The maximum atomic E-state index is 11.9. The minimum atomic E-state index is -0.328. The molecule has 1 saturated heterocycles. The van der Waals surface area contributed by atoms with Crippen LogP contribution in [0.1, 0.15) is 25.7 Å². The normalized spacial score (nSPS) is 16.0. The maximum Gasteiger partial charge on any atom is 0.319 e. The van der Waals surface area contributed by atoms with Gasteiger partial charge in [-0.15, -0.1) is 0 Å². The van der Waals surface area contributed by atoms with Gasteiger partial charge in [0.15, 0.2) is 6.29 Å². The predicted molar refractivity (Wildman–Crippen MR) is 85.7 cm³/mol. The highest BCUT2D eigenvalue weighted by Crippen LogP contribution is 2.25. The standard InChI is InChI=1S/C15H22N2O3S/c1-15(2,21-3)10-16-14(18)17-12-6-4-5-11(9-12)13-19-7-8-20-13/h4-6,9,13H,7-8,10H2,1-3H3,(H2,16,17,18). The number of rotatable bonds is 5. The first kappa shape index (κ1) is 16.1. The number of nitrogens with one attached hydrogen (secondary N) is 2. The van der Waals surface area contributed by atoms with E-state index in [9.17, 15) is 4.79 Å². The Balaban J connectivity index is 1.90. The van der Waals surface area contributed by atoms with Gasteiger partial charge in [-0.1, -0.05) is 12.1 Å². The molecule has 21 heavy (non-hydrogen) atoms. The number of hydrogen-bond donors (Lipinski definition) is 2. The molecule has 0 spiro atoms. The van der Waals surface area contributed by atoms with E-state index in [1.807, 2.05) is 30.5 Å². The van der Waals surface area contributed by atoms with E-state index in [4.69, 9.17) is 9.47 Å². The lowest BCUT2D eigenvalue weighted by molar-refractivity contribution is -0.0440. The second-order valence-corrected chi connectivity index (χ2v) is 6.98. The van der Waals surface area contributed by atoms with E-state index in [0.29, 0.717) is 19.8 Å². The molecule has 1 fully saturated rings. The molecule has 1 aliphatic rings. The van der Waals surface area contributed by atoms with Crippen LogP contribution < -0.4 is 10.6 Å². The number of benzene rings is 1. The summed E-state index contributed by atoms with van der Waals surface area (Å²) in [5, 5.41) is 5.71. The first-order chi connectivity index (χ1) is 10.00. The molecule has 5 nitrogen and oxygen atoms in total. The van der Waals surface area contributed by atoms with Gasteiger partial charge >= 0.3 is 6.03 Å². The van der Waals surface area contributed by atoms with E-state index in [1.54, 1.807) is 11.8 Å². The summed E-state index contributed by atoms with van der Waals surface area (Å²) in [7, 11) is 0. The van der Waals surface area contributed by atoms with Crippen molar-refractivity contribution in [2.24, 2.45) is 0 Å². The number of anilines is 1. The van der Waals surface area contributed by atoms with Crippen LogP contribution in [0.4, 0.5) is 10.5 Å². The third kappa shape index (κ3) is 4.91. The second kappa shape index (κ2) is 7.15. The van der Waals surface area contributed by atoms with Crippen molar-refractivity contribution in [2.75, 3.05) is 31.3 Å². The molecule has 0 radical (unpaired) electrons. The van der Waals surface area contributed by atoms with Crippen molar-refractivity contribution in [3.8, 4) is 0 Å². The molecule has 6 heteroatoms. The van der Waals surface area contributed by atoms with E-state index in [-0.39, 0.29) is 17.1 Å². The Morgan fingerprint density at radius 1 is 1.38 bits per heavy atom. The molecule has 0 aromatic heterocycles. The summed E-state index contributed by atoms with van der Waals surface area (Å²) < 4.78 is 10.9. The van der Waals surface area contributed by atoms with Gasteiger partial charge in [0.1, 0.15) is 0 Å². The summed E-state index contributed by atoms with van der Waals surface area (Å²) in [4.78, 5) is 11.9. The molecule has 0 saturated carbocycles. The van der Waals surface area contributed by atoms with E-state index in [2.05, 4.69) is 24.5 Å². The topological polar surface area (TPSA) is 59.6 Å². The molecule has 1 aromatic rings. The first-order valence-corrected chi connectivity index (χ1v) is 8.16. The molecule has 0 atom stereocenters. The van der Waals surface area contributed by atoms with Crippen molar-refractivity contribution >= 4 is 23.5 Å². The van der Waals surface area contributed by atoms with Gasteiger partial charge in [0, 0.05) is 22.5 Å². The van der Waals surface area contributed by atoms with Crippen molar-refractivity contribution in [1.82, 2.24) is 5.32 Å². The monoisotopic (exact) mass is 310 g/mol. The lowest BCUT2D eigenvalue weighted by Crippen LogP contribution is -2.38. The molecular formula is C15H22N2O3S. The zero-order chi connectivity index (χ0) is 15.3. The number of carbonyl (C=O) groups is 1. The van der Waals surface area contributed by atoms with Crippen LogP contribution >= 0.6 is 11.8 Å². The first-order valence-electron chi connectivity index (χ1n) is 6.93. The number of thioether (sulfide) groups is 1. The van der Waals surface area contributed by atoms with Crippen molar-refractivity contribution < 1.29 is 14.3 Å². The van der Waals surface area contributed by atoms with Crippen molar-refractivity contribution in [3.05, 3.63) is 29.8 Å². The Hall–Kier alpha value is -1.24. The van der Waals surface area contributed by atoms with Crippen LogP contribution in [0.3, 0.4) is 0 Å². The van der Waals surface area contributed by atoms with Crippen LogP contribution in [-0.4, -0.2) is 36.8 Å². The van der Waals surface area contributed by atoms with Crippen LogP contribution in [0.2, 0.25) is 0 Å². The Kier molecular flexibility index (Phi) is 5.50. The minimum absolute atomic E-state index is 0.0186. The summed E-state index contributed by atoms with van der Waals surface area (Å²) in [6, 6.07) is 7.31. The molecule has 0 unspecified atom stereocenters. The van der Waals surface area contributed by atoms with Crippen LogP contribution in [-0.2, 0) is 9.47 Å². The molecule has 2 amide bonds. The van der Waals surface area contributed by atoms with E-state index in [0.717, 1.165) is 11.3 Å². The molecule has 0 bridgehead atoms. The molecule has 116 valence electrons. The Bertz CT molecular complexity index is 488. The molecule has 2 rings (SSSR count). The molecule has 1 aliphatic heterocycles. The summed E-state index contributed by atoms with van der Waals surface area (Å²) in [6.45, 7) is 5.99. The van der Waals surface area contributed by atoms with Crippen LogP contribution in [0.25, 0.3) is 0 Å². The van der Waals surface area contributed by atoms with E-state index in [1.165, 1.54) is 0 Å². The van der Waals surface area contributed by atoms with Gasteiger partial charge in [-0.3, -0.25) is 0 Å². The SMILES string of the molecule is CSC(C)(C)CNC(=O)Nc1cccc(C2OCCO2)c1. The minimum Gasteiger partial charge on any atom is -0.346 e. The molecule has 0 aliphatic carbocycles. The van der Waals surface area contributed by atoms with Gasteiger partial charge < -0.3 is 20.1 Å². The average Bonchev–Trinajstić information content (AvgIpc) is 3.00. The third-order valence-corrected chi connectivity index (χ3v) is 4.52. The number of ether oxygens (including phenoxy) is 2. The highest BCUT2D eigenvalue weighted by atomic mass is 32.2. The molecular weight excluding hydrogens is 288 g/mol. The highest BCUT2D eigenvalue weighted by molar-refractivity contribution is 7.99. The van der Waals surface area contributed by atoms with Crippen molar-refractivity contribution in [3.63, 3.8) is 0 Å². The molecule has 1 heterocycles. The molecule has 1 aromatic carbocycles. The van der Waals surface area contributed by atoms with E-state index < -0.39 is 0 Å². The van der Waals surface area contributed by atoms with Crippen LogP contribution in [0.15, 0.2) is 24.3 Å². The van der Waals surface area contributed by atoms with Crippen LogP contribution in [0.5, 0.6) is 0 Å². The third-order valence-electron chi connectivity index (χ3n) is 3.27. The highest BCUT2D eigenvalue weighted by Gasteiger charge is 2.19. The summed E-state index contributed by atoms with van der Waals surface area (Å²) in [5.74, 6) is 0. The second-order valence-electron chi connectivity index (χ2n) is 5.47. The van der Waals surface area contributed by atoms with Gasteiger partial charge in [-0.2, -0.15) is 11.8 Å². The lowest BCUT2D eigenvalue weighted by Gasteiger charge is -2.22. The lowest BCUT2D eigenvalue weighted by atomic mass is 10.2. The van der Waals surface area contributed by atoms with Gasteiger partial charge in [0.05, 0.1) is 13.2 Å². The predicted octanol–water partition coefficient (Wildman–Crippen LogP) is 3.00. The fourth-order valence-electron chi connectivity index (χ4n) is 1.85. The summed E-state index contributed by atoms with van der Waals surface area (Å²) >= 11 is 1.72. The zero-order valence-corrected chi connectivity index (χ0v) is 13.5. The van der Waals surface area contributed by atoms with Crippen molar-refractivity contribution in [1.29, 1.82) is 0 Å². The average molecular weight is 310 g/mol. The summed E-state index contributed by atoms with van der Waals surface area (Å²) in [5.41, 5.74) is 1.64. The quantitative estimate of drug-likeness (QED) is 0.878.